The average molecular weight is 448 g/mol. The predicted molar refractivity (Wildman–Crippen MR) is 139 cm³/mol. The summed E-state index contributed by atoms with van der Waals surface area (Å²) in [5.74, 6) is 1.36. The molecule has 170 valence electrons. The molecule has 2 unspecified atom stereocenters. The van der Waals surface area contributed by atoms with Gasteiger partial charge in [-0.2, -0.15) is 0 Å². The van der Waals surface area contributed by atoms with Crippen LogP contribution in [-0.4, -0.2) is 15.9 Å². The number of allylic oxidation sites excluding steroid dienone is 4. The number of aromatic nitrogens is 2. The van der Waals surface area contributed by atoms with E-state index in [2.05, 4.69) is 54.7 Å². The van der Waals surface area contributed by atoms with Gasteiger partial charge in [0.05, 0.1) is 11.4 Å². The average Bonchev–Trinajstić information content (AvgIpc) is 2.87. The first-order chi connectivity index (χ1) is 16.7. The Bertz CT molecular complexity index is 1270. The van der Waals surface area contributed by atoms with Crippen LogP contribution in [0.15, 0.2) is 78.9 Å². The lowest BCUT2D eigenvalue weighted by atomic mass is 9.86. The van der Waals surface area contributed by atoms with Crippen molar-refractivity contribution in [3.8, 4) is 11.3 Å². The van der Waals surface area contributed by atoms with Gasteiger partial charge >= 0.3 is 0 Å². The summed E-state index contributed by atoms with van der Waals surface area (Å²) in [5.41, 5.74) is 6.05. The van der Waals surface area contributed by atoms with Gasteiger partial charge in [0.15, 0.2) is 5.82 Å². The number of fused-ring (bicyclic) bond motifs is 3. The second kappa shape index (κ2) is 10.0. The fraction of sp³-hybridized carbons (Fsp3) is 0.233. The minimum Gasteiger partial charge on any atom is -0.309 e. The van der Waals surface area contributed by atoms with Crippen LogP contribution in [0.1, 0.15) is 42.3 Å². The summed E-state index contributed by atoms with van der Waals surface area (Å²) in [6, 6.07) is 18.5. The highest BCUT2D eigenvalue weighted by Gasteiger charge is 2.22. The molecule has 0 radical (unpaired) electrons. The molecule has 4 heteroatoms. The number of amides is 1. The fourth-order valence-electron chi connectivity index (χ4n) is 4.66. The monoisotopic (exact) mass is 447 g/mol. The smallest absolute Gasteiger partial charge is 0.225 e. The SMILES string of the molecule is CC1C=CC=CC1CCC(=O)Nc1nc2c(nc1/C=C/c1ccccc1)-c1ccccc1CC2. The molecule has 2 aromatic carbocycles. The minimum absolute atomic E-state index is 0.0185. The third kappa shape index (κ3) is 4.91. The maximum absolute atomic E-state index is 12.9. The van der Waals surface area contributed by atoms with Crippen LogP contribution < -0.4 is 5.32 Å². The van der Waals surface area contributed by atoms with Crippen molar-refractivity contribution >= 4 is 23.9 Å². The summed E-state index contributed by atoms with van der Waals surface area (Å²) in [6.45, 7) is 2.20. The van der Waals surface area contributed by atoms with Crippen molar-refractivity contribution in [2.24, 2.45) is 11.8 Å². The lowest BCUT2D eigenvalue weighted by Crippen LogP contribution is -2.19. The molecule has 0 saturated heterocycles. The number of hydrogen-bond donors (Lipinski definition) is 1. The second-order valence-corrected chi connectivity index (χ2v) is 9.03. The van der Waals surface area contributed by atoms with Crippen LogP contribution in [0, 0.1) is 11.8 Å². The van der Waals surface area contributed by atoms with E-state index in [1.54, 1.807) is 0 Å². The van der Waals surface area contributed by atoms with Crippen molar-refractivity contribution < 1.29 is 4.79 Å². The Balaban J connectivity index is 1.42. The molecule has 2 aliphatic carbocycles. The number of nitrogens with one attached hydrogen (secondary N) is 1. The zero-order valence-electron chi connectivity index (χ0n) is 19.4. The first-order valence-corrected chi connectivity index (χ1v) is 12.0. The summed E-state index contributed by atoms with van der Waals surface area (Å²) >= 11 is 0. The van der Waals surface area contributed by atoms with Gasteiger partial charge in [-0.3, -0.25) is 4.79 Å². The largest absolute Gasteiger partial charge is 0.309 e. The van der Waals surface area contributed by atoms with Crippen molar-refractivity contribution in [3.05, 3.63) is 101 Å². The van der Waals surface area contributed by atoms with E-state index in [9.17, 15) is 4.79 Å². The molecule has 0 spiro atoms. The molecule has 1 amide bonds. The second-order valence-electron chi connectivity index (χ2n) is 9.03. The zero-order valence-corrected chi connectivity index (χ0v) is 19.4. The number of hydrogen-bond acceptors (Lipinski definition) is 3. The van der Waals surface area contributed by atoms with Crippen molar-refractivity contribution in [3.63, 3.8) is 0 Å². The summed E-state index contributed by atoms with van der Waals surface area (Å²) in [5, 5.41) is 3.07. The number of carbonyl (C=O) groups excluding carboxylic acids is 1. The van der Waals surface area contributed by atoms with E-state index >= 15 is 0 Å². The van der Waals surface area contributed by atoms with Crippen LogP contribution >= 0.6 is 0 Å². The van der Waals surface area contributed by atoms with Crippen LogP contribution in [0.5, 0.6) is 0 Å². The number of carbonyl (C=O) groups is 1. The molecule has 1 heterocycles. The van der Waals surface area contributed by atoms with Crippen molar-refractivity contribution in [1.29, 1.82) is 0 Å². The molecule has 34 heavy (non-hydrogen) atoms. The number of rotatable bonds is 6. The van der Waals surface area contributed by atoms with Crippen LogP contribution in [0.3, 0.4) is 0 Å². The summed E-state index contributed by atoms with van der Waals surface area (Å²) in [6.07, 6.45) is 15.5. The predicted octanol–water partition coefficient (Wildman–Crippen LogP) is 6.51. The summed E-state index contributed by atoms with van der Waals surface area (Å²) in [7, 11) is 0. The van der Waals surface area contributed by atoms with Gasteiger partial charge in [0, 0.05) is 12.0 Å². The number of nitrogens with zero attached hydrogens (tertiary/aromatic N) is 2. The summed E-state index contributed by atoms with van der Waals surface area (Å²) in [4.78, 5) is 22.8. The maximum Gasteiger partial charge on any atom is 0.225 e. The molecule has 2 aliphatic rings. The Morgan fingerprint density at radius 2 is 1.76 bits per heavy atom. The Kier molecular flexibility index (Phi) is 6.48. The van der Waals surface area contributed by atoms with Crippen molar-refractivity contribution in [2.45, 2.75) is 32.6 Å². The van der Waals surface area contributed by atoms with E-state index in [1.807, 2.05) is 48.6 Å². The number of anilines is 1. The van der Waals surface area contributed by atoms with Crippen LogP contribution in [-0.2, 0) is 17.6 Å². The standard InChI is InChI=1S/C30H29N3O/c1-21-9-5-6-12-23(21)17-20-28(34)33-30-27(18-15-22-10-3-2-4-11-22)31-29-25-14-8-7-13-24(25)16-19-26(29)32-30/h2-15,18,21,23H,16-17,19-20H2,1H3,(H,32,33,34)/b18-15+. The molecule has 0 fully saturated rings. The van der Waals surface area contributed by atoms with Crippen LogP contribution in [0.4, 0.5) is 5.82 Å². The van der Waals surface area contributed by atoms with Crippen LogP contribution in [0.25, 0.3) is 23.4 Å². The Morgan fingerprint density at radius 3 is 2.62 bits per heavy atom. The maximum atomic E-state index is 12.9. The van der Waals surface area contributed by atoms with Gasteiger partial charge < -0.3 is 5.32 Å². The Labute approximate surface area is 201 Å². The van der Waals surface area contributed by atoms with E-state index in [0.717, 1.165) is 41.8 Å². The normalized spacial score (nSPS) is 18.5. The fourth-order valence-corrected chi connectivity index (χ4v) is 4.66. The third-order valence-corrected chi connectivity index (χ3v) is 6.65. The molecular weight excluding hydrogens is 418 g/mol. The molecule has 0 saturated carbocycles. The lowest BCUT2D eigenvalue weighted by molar-refractivity contribution is -0.116. The van der Waals surface area contributed by atoms with Gasteiger partial charge in [-0.15, -0.1) is 0 Å². The molecule has 0 bridgehead atoms. The van der Waals surface area contributed by atoms with Crippen molar-refractivity contribution in [2.75, 3.05) is 5.32 Å². The summed E-state index contributed by atoms with van der Waals surface area (Å²) < 4.78 is 0. The number of benzene rings is 2. The molecule has 3 aromatic rings. The van der Waals surface area contributed by atoms with Gasteiger partial charge in [-0.1, -0.05) is 91.9 Å². The molecule has 1 aromatic heterocycles. The van der Waals surface area contributed by atoms with Gasteiger partial charge in [0.25, 0.3) is 0 Å². The van der Waals surface area contributed by atoms with Crippen molar-refractivity contribution in [1.82, 2.24) is 9.97 Å². The van der Waals surface area contributed by atoms with E-state index < -0.39 is 0 Å². The molecule has 5 rings (SSSR count). The lowest BCUT2D eigenvalue weighted by Gasteiger charge is -2.21. The number of aryl methyl sites for hydroxylation is 2. The molecular formula is C30H29N3O. The highest BCUT2D eigenvalue weighted by molar-refractivity contribution is 5.92. The Morgan fingerprint density at radius 1 is 0.971 bits per heavy atom. The molecule has 4 nitrogen and oxygen atoms in total. The molecule has 2 atom stereocenters. The minimum atomic E-state index is -0.0185. The highest BCUT2D eigenvalue weighted by atomic mass is 16.1. The van der Waals surface area contributed by atoms with E-state index in [1.165, 1.54) is 5.56 Å². The van der Waals surface area contributed by atoms with Gasteiger partial charge in [-0.05, 0) is 48.3 Å². The van der Waals surface area contributed by atoms with E-state index in [-0.39, 0.29) is 5.91 Å². The topological polar surface area (TPSA) is 54.9 Å². The van der Waals surface area contributed by atoms with Gasteiger partial charge in [-0.25, -0.2) is 9.97 Å². The van der Waals surface area contributed by atoms with E-state index in [4.69, 9.17) is 9.97 Å². The zero-order chi connectivity index (χ0) is 23.3. The Hall–Kier alpha value is -3.79. The van der Waals surface area contributed by atoms with Gasteiger partial charge in [0.2, 0.25) is 5.91 Å². The van der Waals surface area contributed by atoms with Gasteiger partial charge in [0.1, 0.15) is 5.69 Å². The van der Waals surface area contributed by atoms with Crippen LogP contribution in [0.2, 0.25) is 0 Å². The molecule has 1 N–H and O–H groups in total. The quantitative estimate of drug-likeness (QED) is 0.469. The highest BCUT2D eigenvalue weighted by Crippen LogP contribution is 2.33. The van der Waals surface area contributed by atoms with E-state index in [0.29, 0.717) is 29.8 Å². The first kappa shape index (κ1) is 22.0. The first-order valence-electron chi connectivity index (χ1n) is 12.0. The third-order valence-electron chi connectivity index (χ3n) is 6.65. The molecule has 0 aliphatic heterocycles.